The Morgan fingerprint density at radius 1 is 1.20 bits per heavy atom. The number of carbonyl (C=O) groups excluding carboxylic acids is 1. The van der Waals surface area contributed by atoms with Crippen LogP contribution in [-0.2, 0) is 4.79 Å². The van der Waals surface area contributed by atoms with Crippen LogP contribution in [0.2, 0.25) is 0 Å². The van der Waals surface area contributed by atoms with Crippen LogP contribution in [0.1, 0.15) is 36.9 Å². The molecule has 0 aliphatic carbocycles. The van der Waals surface area contributed by atoms with Crippen LogP contribution in [0.15, 0.2) is 48.5 Å². The predicted molar refractivity (Wildman–Crippen MR) is 110 cm³/mol. The zero-order valence-electron chi connectivity index (χ0n) is 17.0. The van der Waals surface area contributed by atoms with Crippen molar-refractivity contribution in [3.63, 3.8) is 0 Å². The molecule has 1 saturated heterocycles. The van der Waals surface area contributed by atoms with Crippen LogP contribution < -0.4 is 14.2 Å². The summed E-state index contributed by atoms with van der Waals surface area (Å²) in [4.78, 5) is 14.7. The first kappa shape index (κ1) is 21.6. The van der Waals surface area contributed by atoms with Crippen molar-refractivity contribution in [2.75, 3.05) is 20.3 Å². The quantitative estimate of drug-likeness (QED) is 0.563. The maximum atomic E-state index is 12.8. The topological polar surface area (TPSA) is 48.0 Å². The van der Waals surface area contributed by atoms with Gasteiger partial charge in [0.25, 0.3) is 0 Å². The number of halogens is 2. The van der Waals surface area contributed by atoms with Crippen molar-refractivity contribution in [1.82, 2.24) is 4.90 Å². The standard InChI is InChI=1S/C23H25F2NO4/c1-3-29-21-15-16(6-12-20(21)30-23(24)25)7-13-22(27)26-14-4-5-19(26)17-8-10-18(28-2)11-9-17/h6-13,15,19,23H,3-5,14H2,1-2H3/b13-7+/t19-/m1/s1. The zero-order valence-corrected chi connectivity index (χ0v) is 17.0. The van der Waals surface area contributed by atoms with E-state index in [-0.39, 0.29) is 23.4 Å². The normalized spacial score (nSPS) is 16.3. The molecule has 0 N–H and O–H groups in total. The number of hydrogen-bond acceptors (Lipinski definition) is 4. The van der Waals surface area contributed by atoms with E-state index in [1.165, 1.54) is 12.1 Å². The Balaban J connectivity index is 1.73. The second-order valence-corrected chi connectivity index (χ2v) is 6.81. The van der Waals surface area contributed by atoms with Crippen LogP contribution in [0.4, 0.5) is 8.78 Å². The Morgan fingerprint density at radius 3 is 2.63 bits per heavy atom. The highest BCUT2D eigenvalue weighted by molar-refractivity contribution is 5.92. The minimum atomic E-state index is -2.93. The lowest BCUT2D eigenvalue weighted by Gasteiger charge is -2.24. The first-order valence-corrected chi connectivity index (χ1v) is 9.86. The molecule has 5 nitrogen and oxygen atoms in total. The molecule has 30 heavy (non-hydrogen) atoms. The summed E-state index contributed by atoms with van der Waals surface area (Å²) in [6, 6.07) is 12.4. The summed E-state index contributed by atoms with van der Waals surface area (Å²) >= 11 is 0. The Kier molecular flexibility index (Phi) is 7.27. The third-order valence-corrected chi connectivity index (χ3v) is 4.94. The first-order chi connectivity index (χ1) is 14.5. The molecule has 3 rings (SSSR count). The number of carbonyl (C=O) groups is 1. The molecule has 0 radical (unpaired) electrons. The minimum absolute atomic E-state index is 0.0221. The van der Waals surface area contributed by atoms with Crippen LogP contribution in [0.25, 0.3) is 6.08 Å². The summed E-state index contributed by atoms with van der Waals surface area (Å²) in [6.45, 7) is -0.184. The van der Waals surface area contributed by atoms with Gasteiger partial charge in [0.1, 0.15) is 5.75 Å². The molecule has 1 amide bonds. The molecule has 1 atom stereocenters. The molecular weight excluding hydrogens is 392 g/mol. The second-order valence-electron chi connectivity index (χ2n) is 6.81. The molecular formula is C23H25F2NO4. The van der Waals surface area contributed by atoms with Gasteiger partial charge in [0.15, 0.2) is 11.5 Å². The van der Waals surface area contributed by atoms with E-state index in [2.05, 4.69) is 4.74 Å². The van der Waals surface area contributed by atoms with Gasteiger partial charge in [-0.25, -0.2) is 0 Å². The molecule has 0 unspecified atom stereocenters. The van der Waals surface area contributed by atoms with Gasteiger partial charge in [-0.2, -0.15) is 8.78 Å². The van der Waals surface area contributed by atoms with E-state index in [1.54, 1.807) is 32.2 Å². The van der Waals surface area contributed by atoms with Crippen LogP contribution in [0.3, 0.4) is 0 Å². The van der Waals surface area contributed by atoms with Gasteiger partial charge in [-0.3, -0.25) is 4.79 Å². The summed E-state index contributed by atoms with van der Waals surface area (Å²) < 4.78 is 40.1. The number of methoxy groups -OCH3 is 1. The summed E-state index contributed by atoms with van der Waals surface area (Å²) in [6.07, 6.45) is 4.99. The molecule has 2 aromatic rings. The predicted octanol–water partition coefficient (Wildman–Crippen LogP) is 5.07. The minimum Gasteiger partial charge on any atom is -0.497 e. The van der Waals surface area contributed by atoms with Crippen molar-refractivity contribution in [2.45, 2.75) is 32.4 Å². The largest absolute Gasteiger partial charge is 0.497 e. The van der Waals surface area contributed by atoms with E-state index < -0.39 is 6.61 Å². The highest BCUT2D eigenvalue weighted by atomic mass is 19.3. The Bertz CT molecular complexity index is 883. The van der Waals surface area contributed by atoms with Gasteiger partial charge in [0.05, 0.1) is 19.8 Å². The van der Waals surface area contributed by atoms with Gasteiger partial charge in [0, 0.05) is 12.6 Å². The SMILES string of the molecule is CCOc1cc(/C=C/C(=O)N2CCC[C@@H]2c2ccc(OC)cc2)ccc1OC(F)F. The number of likely N-dealkylation sites (tertiary alicyclic amines) is 1. The third kappa shape index (κ3) is 5.28. The highest BCUT2D eigenvalue weighted by Crippen LogP contribution is 2.33. The number of ether oxygens (including phenoxy) is 3. The highest BCUT2D eigenvalue weighted by Gasteiger charge is 2.28. The molecule has 7 heteroatoms. The van der Waals surface area contributed by atoms with Gasteiger partial charge in [-0.1, -0.05) is 18.2 Å². The van der Waals surface area contributed by atoms with Crippen LogP contribution >= 0.6 is 0 Å². The monoisotopic (exact) mass is 417 g/mol. The molecule has 0 aromatic heterocycles. The summed E-state index contributed by atoms with van der Waals surface area (Å²) in [5.74, 6) is 0.859. The van der Waals surface area contributed by atoms with Crippen LogP contribution in [0.5, 0.6) is 17.2 Å². The van der Waals surface area contributed by atoms with E-state index in [0.29, 0.717) is 18.7 Å². The van der Waals surface area contributed by atoms with Crippen LogP contribution in [-0.4, -0.2) is 37.7 Å². The fourth-order valence-corrected chi connectivity index (χ4v) is 3.56. The maximum absolute atomic E-state index is 12.8. The first-order valence-electron chi connectivity index (χ1n) is 9.86. The Labute approximate surface area is 174 Å². The van der Waals surface area contributed by atoms with Crippen molar-refractivity contribution in [1.29, 1.82) is 0 Å². The fraction of sp³-hybridized carbons (Fsp3) is 0.348. The summed E-state index contributed by atoms with van der Waals surface area (Å²) in [7, 11) is 1.62. The molecule has 160 valence electrons. The van der Waals surface area contributed by atoms with E-state index in [9.17, 15) is 13.6 Å². The zero-order chi connectivity index (χ0) is 21.5. The number of alkyl halides is 2. The fourth-order valence-electron chi connectivity index (χ4n) is 3.56. The average molecular weight is 417 g/mol. The molecule has 0 bridgehead atoms. The van der Waals surface area contributed by atoms with Crippen molar-refractivity contribution in [3.8, 4) is 17.2 Å². The Morgan fingerprint density at radius 2 is 1.97 bits per heavy atom. The summed E-state index contributed by atoms with van der Waals surface area (Å²) in [5, 5.41) is 0. The van der Waals surface area contributed by atoms with E-state index in [4.69, 9.17) is 9.47 Å². The summed E-state index contributed by atoms with van der Waals surface area (Å²) in [5.41, 5.74) is 1.73. The van der Waals surface area contributed by atoms with Crippen LogP contribution in [0, 0.1) is 0 Å². The lowest BCUT2D eigenvalue weighted by atomic mass is 10.0. The second kappa shape index (κ2) is 10.1. The molecule has 1 fully saturated rings. The smallest absolute Gasteiger partial charge is 0.387 e. The van der Waals surface area contributed by atoms with Gasteiger partial charge in [-0.05, 0) is 61.2 Å². The molecule has 0 saturated carbocycles. The third-order valence-electron chi connectivity index (χ3n) is 4.94. The van der Waals surface area contributed by atoms with Crippen molar-refractivity contribution in [2.24, 2.45) is 0 Å². The lowest BCUT2D eigenvalue weighted by Crippen LogP contribution is -2.28. The van der Waals surface area contributed by atoms with Crippen molar-refractivity contribution >= 4 is 12.0 Å². The number of rotatable bonds is 8. The molecule has 0 spiro atoms. The average Bonchev–Trinajstić information content (AvgIpc) is 3.23. The van der Waals surface area contributed by atoms with E-state index in [1.807, 2.05) is 29.2 Å². The van der Waals surface area contributed by atoms with Gasteiger partial charge >= 0.3 is 6.61 Å². The maximum Gasteiger partial charge on any atom is 0.387 e. The van der Waals surface area contributed by atoms with E-state index >= 15 is 0 Å². The van der Waals surface area contributed by atoms with E-state index in [0.717, 1.165) is 24.2 Å². The molecule has 2 aromatic carbocycles. The van der Waals surface area contributed by atoms with Gasteiger partial charge < -0.3 is 19.1 Å². The molecule has 1 aliphatic rings. The van der Waals surface area contributed by atoms with Gasteiger partial charge in [-0.15, -0.1) is 0 Å². The Hall–Kier alpha value is -3.09. The molecule has 1 aliphatic heterocycles. The number of amides is 1. The van der Waals surface area contributed by atoms with Crippen molar-refractivity contribution in [3.05, 3.63) is 59.7 Å². The van der Waals surface area contributed by atoms with Crippen molar-refractivity contribution < 1.29 is 27.8 Å². The van der Waals surface area contributed by atoms with Gasteiger partial charge in [0.2, 0.25) is 5.91 Å². The number of benzene rings is 2. The molecule has 1 heterocycles. The lowest BCUT2D eigenvalue weighted by molar-refractivity contribution is -0.126. The number of nitrogens with zero attached hydrogens (tertiary/aromatic N) is 1. The number of hydrogen-bond donors (Lipinski definition) is 0.